The second-order valence-electron chi connectivity index (χ2n) is 6.19. The van der Waals surface area contributed by atoms with Crippen molar-refractivity contribution >= 4 is 23.2 Å². The number of carbonyl (C=O) groups is 2. The maximum Gasteiger partial charge on any atom is 0.325 e. The van der Waals surface area contributed by atoms with Crippen molar-refractivity contribution < 1.29 is 9.59 Å². The van der Waals surface area contributed by atoms with Crippen LogP contribution in [0, 0.1) is 11.3 Å². The second kappa shape index (κ2) is 6.64. The molecule has 0 spiro atoms. The molecule has 0 saturated carbocycles. The van der Waals surface area contributed by atoms with Gasteiger partial charge in [-0.2, -0.15) is 10.5 Å². The van der Waals surface area contributed by atoms with Crippen LogP contribution in [0.3, 0.4) is 0 Å². The Labute approximate surface area is 148 Å². The molecular formula is C16H16N8O2. The number of benzene rings is 1. The molecule has 1 fully saturated rings. The van der Waals surface area contributed by atoms with Crippen molar-refractivity contribution in [3.63, 3.8) is 0 Å². The lowest BCUT2D eigenvalue weighted by atomic mass is 10.1. The topological polar surface area (TPSA) is 140 Å². The van der Waals surface area contributed by atoms with E-state index in [-0.39, 0.29) is 23.8 Å². The van der Waals surface area contributed by atoms with Crippen LogP contribution in [-0.2, 0) is 11.3 Å². The van der Waals surface area contributed by atoms with Crippen molar-refractivity contribution in [3.05, 3.63) is 41.9 Å². The van der Waals surface area contributed by atoms with Gasteiger partial charge in [-0.3, -0.25) is 9.69 Å². The number of tetrazole rings is 1. The van der Waals surface area contributed by atoms with Crippen LogP contribution in [0.15, 0.2) is 30.5 Å². The summed E-state index contributed by atoms with van der Waals surface area (Å²) in [5, 5.41) is 27.9. The first-order chi connectivity index (χ1) is 12.4. The van der Waals surface area contributed by atoms with Crippen molar-refractivity contribution in [1.82, 2.24) is 30.8 Å². The van der Waals surface area contributed by atoms with Crippen LogP contribution in [0.2, 0.25) is 0 Å². The van der Waals surface area contributed by atoms with Crippen molar-refractivity contribution in [1.29, 1.82) is 5.26 Å². The quantitative estimate of drug-likeness (QED) is 0.539. The molecule has 1 aromatic heterocycles. The maximum atomic E-state index is 12.2. The number of allylic oxidation sites excluding steroid dienone is 1. The lowest BCUT2D eigenvalue weighted by Gasteiger charge is -2.16. The fourth-order valence-electron chi connectivity index (χ4n) is 2.43. The molecule has 2 heterocycles. The zero-order chi connectivity index (χ0) is 18.7. The Bertz CT molecular complexity index is 893. The first-order valence-electron chi connectivity index (χ1n) is 7.74. The molecule has 0 bridgehead atoms. The molecule has 0 radical (unpaired) electrons. The van der Waals surface area contributed by atoms with Gasteiger partial charge in [0.05, 0.1) is 6.54 Å². The Morgan fingerprint density at radius 3 is 2.62 bits per heavy atom. The summed E-state index contributed by atoms with van der Waals surface area (Å²) >= 11 is 0. The number of amides is 3. The van der Waals surface area contributed by atoms with Gasteiger partial charge in [0, 0.05) is 11.9 Å². The van der Waals surface area contributed by atoms with Gasteiger partial charge >= 0.3 is 6.03 Å². The predicted molar refractivity (Wildman–Crippen MR) is 91.0 cm³/mol. The zero-order valence-electron chi connectivity index (χ0n) is 14.1. The van der Waals surface area contributed by atoms with Crippen LogP contribution >= 0.6 is 0 Å². The molecule has 26 heavy (non-hydrogen) atoms. The normalized spacial score (nSPS) is 16.3. The second-order valence-corrected chi connectivity index (χ2v) is 6.19. The van der Waals surface area contributed by atoms with Gasteiger partial charge in [0.1, 0.15) is 17.2 Å². The summed E-state index contributed by atoms with van der Waals surface area (Å²) in [6.07, 6.45) is 1.47. The molecule has 0 unspecified atom stereocenters. The molecule has 0 atom stereocenters. The fraction of sp³-hybridized carbons (Fsp3) is 0.250. The minimum atomic E-state index is -0.883. The number of aromatic amines is 1. The molecule has 1 aromatic carbocycles. The molecule has 10 heteroatoms. The highest BCUT2D eigenvalue weighted by molar-refractivity contribution is 6.06. The zero-order valence-corrected chi connectivity index (χ0v) is 14.1. The summed E-state index contributed by atoms with van der Waals surface area (Å²) in [4.78, 5) is 25.3. The van der Waals surface area contributed by atoms with Gasteiger partial charge in [0.15, 0.2) is 0 Å². The van der Waals surface area contributed by atoms with E-state index in [1.807, 2.05) is 6.07 Å². The van der Waals surface area contributed by atoms with Crippen LogP contribution in [0.25, 0.3) is 5.57 Å². The minimum Gasteiger partial charge on any atom is -0.360 e. The van der Waals surface area contributed by atoms with E-state index in [0.717, 1.165) is 11.3 Å². The number of carbonyl (C=O) groups excluding carboxylic acids is 2. The predicted octanol–water partition coefficient (Wildman–Crippen LogP) is 1.01. The van der Waals surface area contributed by atoms with Gasteiger partial charge in [-0.1, -0.05) is 12.1 Å². The smallest absolute Gasteiger partial charge is 0.325 e. The molecule has 1 aliphatic rings. The van der Waals surface area contributed by atoms with Gasteiger partial charge in [0.2, 0.25) is 5.82 Å². The van der Waals surface area contributed by atoms with E-state index in [1.54, 1.807) is 38.1 Å². The average molecular weight is 352 g/mol. The summed E-state index contributed by atoms with van der Waals surface area (Å²) in [7, 11) is 0. The number of rotatable bonds is 5. The van der Waals surface area contributed by atoms with Gasteiger partial charge < -0.3 is 10.6 Å². The third-order valence-corrected chi connectivity index (χ3v) is 3.83. The average Bonchev–Trinajstić information content (AvgIpc) is 3.20. The van der Waals surface area contributed by atoms with Crippen molar-refractivity contribution in [2.24, 2.45) is 0 Å². The summed E-state index contributed by atoms with van der Waals surface area (Å²) < 4.78 is 0. The SMILES string of the molecule is CC1(C)NC(=O)N(Cc2ccc(NC=C(C#N)c3nn[nH]n3)cc2)C1=O. The number of hydrogen-bond acceptors (Lipinski definition) is 7. The Morgan fingerprint density at radius 2 is 2.08 bits per heavy atom. The maximum absolute atomic E-state index is 12.2. The number of aromatic nitrogens is 4. The molecule has 3 rings (SSSR count). The number of nitriles is 1. The van der Waals surface area contributed by atoms with E-state index < -0.39 is 11.6 Å². The van der Waals surface area contributed by atoms with Crippen molar-refractivity contribution in [2.75, 3.05) is 5.32 Å². The number of hydrogen-bond donors (Lipinski definition) is 3. The molecule has 1 aliphatic heterocycles. The standard InChI is InChI=1S/C16H16N8O2/c1-16(2)14(25)24(15(26)19-16)9-10-3-5-12(6-4-10)18-8-11(7-17)13-20-22-23-21-13/h3-6,8,18H,9H2,1-2H3,(H,19,26)(H,20,21,22,23). The lowest BCUT2D eigenvalue weighted by molar-refractivity contribution is -0.130. The largest absolute Gasteiger partial charge is 0.360 e. The summed E-state index contributed by atoms with van der Waals surface area (Å²) in [5.41, 5.74) is 0.873. The Balaban J connectivity index is 1.67. The van der Waals surface area contributed by atoms with Crippen molar-refractivity contribution in [3.8, 4) is 6.07 Å². The van der Waals surface area contributed by atoms with Gasteiger partial charge in [-0.15, -0.1) is 10.2 Å². The van der Waals surface area contributed by atoms with Crippen LogP contribution < -0.4 is 10.6 Å². The summed E-state index contributed by atoms with van der Waals surface area (Å²) in [6, 6.07) is 8.72. The number of nitrogens with zero attached hydrogens (tertiary/aromatic N) is 5. The third kappa shape index (κ3) is 3.36. The molecular weight excluding hydrogens is 336 g/mol. The Morgan fingerprint density at radius 1 is 1.35 bits per heavy atom. The lowest BCUT2D eigenvalue weighted by Crippen LogP contribution is -2.40. The first-order valence-corrected chi connectivity index (χ1v) is 7.74. The van der Waals surface area contributed by atoms with E-state index in [9.17, 15) is 9.59 Å². The molecule has 0 aliphatic carbocycles. The van der Waals surface area contributed by atoms with E-state index in [1.165, 1.54) is 11.1 Å². The van der Waals surface area contributed by atoms with Gasteiger partial charge in [-0.25, -0.2) is 4.79 Å². The van der Waals surface area contributed by atoms with Crippen LogP contribution in [0.5, 0.6) is 0 Å². The highest BCUT2D eigenvalue weighted by Gasteiger charge is 2.43. The molecule has 132 valence electrons. The third-order valence-electron chi connectivity index (χ3n) is 3.83. The number of imide groups is 1. The Hall–Kier alpha value is -3.74. The van der Waals surface area contributed by atoms with Gasteiger partial charge in [0.25, 0.3) is 5.91 Å². The van der Waals surface area contributed by atoms with E-state index in [2.05, 4.69) is 31.3 Å². The van der Waals surface area contributed by atoms with Crippen molar-refractivity contribution in [2.45, 2.75) is 25.9 Å². The van der Waals surface area contributed by atoms with E-state index in [4.69, 9.17) is 5.26 Å². The highest BCUT2D eigenvalue weighted by Crippen LogP contribution is 2.20. The summed E-state index contributed by atoms with van der Waals surface area (Å²) in [5.74, 6) is -0.0656. The van der Waals surface area contributed by atoms with Gasteiger partial charge in [-0.05, 0) is 36.8 Å². The summed E-state index contributed by atoms with van der Waals surface area (Å²) in [6.45, 7) is 3.53. The van der Waals surface area contributed by atoms with Crippen LogP contribution in [-0.4, -0.2) is 43.0 Å². The monoisotopic (exact) mass is 352 g/mol. The van der Waals surface area contributed by atoms with E-state index in [0.29, 0.717) is 0 Å². The number of anilines is 1. The van der Waals surface area contributed by atoms with E-state index >= 15 is 0 Å². The highest BCUT2D eigenvalue weighted by atomic mass is 16.2. The Kier molecular flexibility index (Phi) is 4.36. The molecule has 10 nitrogen and oxygen atoms in total. The molecule has 1 saturated heterocycles. The number of H-pyrrole nitrogens is 1. The molecule has 3 N–H and O–H groups in total. The fourth-order valence-corrected chi connectivity index (χ4v) is 2.43. The minimum absolute atomic E-state index is 0.191. The number of urea groups is 1. The molecule has 2 aromatic rings. The number of nitrogens with one attached hydrogen (secondary N) is 3. The van der Waals surface area contributed by atoms with Crippen LogP contribution in [0.1, 0.15) is 25.2 Å². The first kappa shape index (κ1) is 17.1. The molecule has 3 amide bonds. The van der Waals surface area contributed by atoms with Crippen LogP contribution in [0.4, 0.5) is 10.5 Å².